The SMILES string of the molecule is CCc1ccc(NC(=O)[C@@H](C)Oc2ccccc2[N+](=O)[O-])cc1. The summed E-state index contributed by atoms with van der Waals surface area (Å²) in [6.07, 6.45) is 0.0627. The molecule has 0 saturated carbocycles. The molecule has 0 saturated heterocycles. The van der Waals surface area contributed by atoms with Gasteiger partial charge in [0.1, 0.15) is 0 Å². The molecule has 0 radical (unpaired) electrons. The van der Waals surface area contributed by atoms with E-state index in [0.717, 1.165) is 6.42 Å². The van der Waals surface area contributed by atoms with E-state index < -0.39 is 11.0 Å². The van der Waals surface area contributed by atoms with Crippen molar-refractivity contribution in [3.8, 4) is 5.75 Å². The molecule has 0 aliphatic rings. The monoisotopic (exact) mass is 314 g/mol. The van der Waals surface area contributed by atoms with Crippen LogP contribution < -0.4 is 10.1 Å². The van der Waals surface area contributed by atoms with E-state index in [1.165, 1.54) is 17.7 Å². The molecule has 0 aliphatic heterocycles. The van der Waals surface area contributed by atoms with E-state index in [1.807, 2.05) is 24.3 Å². The van der Waals surface area contributed by atoms with E-state index in [4.69, 9.17) is 4.74 Å². The van der Waals surface area contributed by atoms with Crippen LogP contribution in [0.25, 0.3) is 0 Å². The third-order valence-electron chi connectivity index (χ3n) is 3.36. The molecule has 0 aliphatic carbocycles. The maximum absolute atomic E-state index is 12.1. The molecule has 6 nitrogen and oxygen atoms in total. The number of carbonyl (C=O) groups is 1. The van der Waals surface area contributed by atoms with Crippen molar-refractivity contribution in [2.75, 3.05) is 5.32 Å². The highest BCUT2D eigenvalue weighted by molar-refractivity contribution is 5.94. The Morgan fingerprint density at radius 3 is 2.48 bits per heavy atom. The second-order valence-electron chi connectivity index (χ2n) is 5.02. The summed E-state index contributed by atoms with van der Waals surface area (Å²) in [5.74, 6) is -0.297. The fraction of sp³-hybridized carbons (Fsp3) is 0.235. The first kappa shape index (κ1) is 16.5. The first-order chi connectivity index (χ1) is 11.0. The Bertz CT molecular complexity index is 698. The third kappa shape index (κ3) is 4.29. The molecule has 1 N–H and O–H groups in total. The number of amides is 1. The Kier molecular flexibility index (Phi) is 5.30. The summed E-state index contributed by atoms with van der Waals surface area (Å²) in [5.41, 5.74) is 1.66. The highest BCUT2D eigenvalue weighted by atomic mass is 16.6. The highest BCUT2D eigenvalue weighted by Crippen LogP contribution is 2.27. The molecule has 0 fully saturated rings. The number of rotatable bonds is 6. The maximum atomic E-state index is 12.1. The van der Waals surface area contributed by atoms with Crippen LogP contribution in [0.5, 0.6) is 5.75 Å². The molecular weight excluding hydrogens is 296 g/mol. The summed E-state index contributed by atoms with van der Waals surface area (Å²) in [6, 6.07) is 13.5. The predicted molar refractivity (Wildman–Crippen MR) is 87.6 cm³/mol. The lowest BCUT2D eigenvalue weighted by atomic mass is 10.1. The largest absolute Gasteiger partial charge is 0.474 e. The summed E-state index contributed by atoms with van der Waals surface area (Å²) in [4.78, 5) is 22.6. The zero-order valence-electron chi connectivity index (χ0n) is 13.0. The lowest BCUT2D eigenvalue weighted by Crippen LogP contribution is -2.30. The van der Waals surface area contributed by atoms with E-state index in [9.17, 15) is 14.9 Å². The van der Waals surface area contributed by atoms with Crippen LogP contribution in [-0.2, 0) is 11.2 Å². The third-order valence-corrected chi connectivity index (χ3v) is 3.36. The van der Waals surface area contributed by atoms with Crippen LogP contribution >= 0.6 is 0 Å². The molecular formula is C17H18N2O4. The van der Waals surface area contributed by atoms with Crippen molar-refractivity contribution < 1.29 is 14.5 Å². The Labute approximate surface area is 134 Å². The first-order valence-corrected chi connectivity index (χ1v) is 7.31. The van der Waals surface area contributed by atoms with Crippen molar-refractivity contribution in [3.63, 3.8) is 0 Å². The number of hydrogen-bond acceptors (Lipinski definition) is 4. The highest BCUT2D eigenvalue weighted by Gasteiger charge is 2.20. The van der Waals surface area contributed by atoms with Crippen molar-refractivity contribution in [3.05, 3.63) is 64.2 Å². The van der Waals surface area contributed by atoms with Crippen molar-refractivity contribution in [2.45, 2.75) is 26.4 Å². The summed E-state index contributed by atoms with van der Waals surface area (Å²) < 4.78 is 5.43. The number of anilines is 1. The van der Waals surface area contributed by atoms with Gasteiger partial charge in [0.05, 0.1) is 4.92 Å². The van der Waals surface area contributed by atoms with Crippen molar-refractivity contribution in [2.24, 2.45) is 0 Å². The van der Waals surface area contributed by atoms with Gasteiger partial charge in [-0.2, -0.15) is 0 Å². The zero-order chi connectivity index (χ0) is 16.8. The number of aryl methyl sites for hydroxylation is 1. The first-order valence-electron chi connectivity index (χ1n) is 7.31. The van der Waals surface area contributed by atoms with E-state index in [-0.39, 0.29) is 17.3 Å². The average Bonchev–Trinajstić information content (AvgIpc) is 2.55. The van der Waals surface area contributed by atoms with Gasteiger partial charge in [0.2, 0.25) is 0 Å². The van der Waals surface area contributed by atoms with Crippen LogP contribution in [0, 0.1) is 10.1 Å². The smallest absolute Gasteiger partial charge is 0.310 e. The fourth-order valence-electron chi connectivity index (χ4n) is 2.02. The number of nitro benzene ring substituents is 1. The number of nitro groups is 1. The second-order valence-corrected chi connectivity index (χ2v) is 5.02. The number of benzene rings is 2. The molecule has 2 aromatic rings. The normalized spacial score (nSPS) is 11.6. The quantitative estimate of drug-likeness (QED) is 0.653. The Morgan fingerprint density at radius 1 is 1.22 bits per heavy atom. The van der Waals surface area contributed by atoms with Gasteiger partial charge >= 0.3 is 5.69 Å². The Morgan fingerprint density at radius 2 is 1.87 bits per heavy atom. The lowest BCUT2D eigenvalue weighted by molar-refractivity contribution is -0.386. The van der Waals surface area contributed by atoms with E-state index in [1.54, 1.807) is 19.1 Å². The molecule has 0 bridgehead atoms. The number of nitrogens with zero attached hydrogens (tertiary/aromatic N) is 1. The maximum Gasteiger partial charge on any atom is 0.310 e. The standard InChI is InChI=1S/C17H18N2O4/c1-3-13-8-10-14(11-9-13)18-17(20)12(2)23-16-7-5-4-6-15(16)19(21)22/h4-12H,3H2,1-2H3,(H,18,20)/t12-/m1/s1. The summed E-state index contributed by atoms with van der Waals surface area (Å²) in [5, 5.41) is 13.7. The van der Waals surface area contributed by atoms with Crippen LogP contribution in [0.4, 0.5) is 11.4 Å². The molecule has 0 unspecified atom stereocenters. The number of para-hydroxylation sites is 2. The van der Waals surface area contributed by atoms with Gasteiger partial charge < -0.3 is 10.1 Å². The molecule has 0 aromatic heterocycles. The molecule has 6 heteroatoms. The van der Waals surface area contributed by atoms with Gasteiger partial charge in [-0.3, -0.25) is 14.9 Å². The van der Waals surface area contributed by atoms with Crippen LogP contribution in [0.15, 0.2) is 48.5 Å². The molecule has 23 heavy (non-hydrogen) atoms. The number of ether oxygens (including phenoxy) is 1. The van der Waals surface area contributed by atoms with Gasteiger partial charge in [-0.05, 0) is 37.1 Å². The number of hydrogen-bond donors (Lipinski definition) is 1. The van der Waals surface area contributed by atoms with Crippen molar-refractivity contribution in [1.29, 1.82) is 0 Å². The van der Waals surface area contributed by atoms with E-state index in [0.29, 0.717) is 5.69 Å². The minimum atomic E-state index is -0.859. The van der Waals surface area contributed by atoms with E-state index in [2.05, 4.69) is 12.2 Å². The second kappa shape index (κ2) is 7.40. The molecule has 120 valence electrons. The van der Waals surface area contributed by atoms with E-state index >= 15 is 0 Å². The summed E-state index contributed by atoms with van der Waals surface area (Å²) in [7, 11) is 0. The number of nitrogens with one attached hydrogen (secondary N) is 1. The predicted octanol–water partition coefficient (Wildman–Crippen LogP) is 3.56. The summed E-state index contributed by atoms with van der Waals surface area (Å²) in [6.45, 7) is 3.60. The number of carbonyl (C=O) groups excluding carboxylic acids is 1. The van der Waals surface area contributed by atoms with Gasteiger partial charge in [0.25, 0.3) is 5.91 Å². The molecule has 2 rings (SSSR count). The Hall–Kier alpha value is -2.89. The minimum absolute atomic E-state index is 0.0708. The Balaban J connectivity index is 2.04. The topological polar surface area (TPSA) is 81.5 Å². The van der Waals surface area contributed by atoms with Crippen LogP contribution in [0.1, 0.15) is 19.4 Å². The summed E-state index contributed by atoms with van der Waals surface area (Å²) >= 11 is 0. The van der Waals surface area contributed by atoms with Gasteiger partial charge in [-0.25, -0.2) is 0 Å². The fourth-order valence-corrected chi connectivity index (χ4v) is 2.02. The molecule has 0 spiro atoms. The minimum Gasteiger partial charge on any atom is -0.474 e. The van der Waals surface area contributed by atoms with Crippen molar-refractivity contribution in [1.82, 2.24) is 0 Å². The molecule has 0 heterocycles. The average molecular weight is 314 g/mol. The lowest BCUT2D eigenvalue weighted by Gasteiger charge is -2.14. The van der Waals surface area contributed by atoms with Gasteiger partial charge in [0, 0.05) is 11.8 Å². The molecule has 1 atom stereocenters. The van der Waals surface area contributed by atoms with Crippen LogP contribution in [-0.4, -0.2) is 16.9 Å². The molecule has 2 aromatic carbocycles. The van der Waals surface area contributed by atoms with Gasteiger partial charge in [0.15, 0.2) is 11.9 Å². The van der Waals surface area contributed by atoms with Gasteiger partial charge in [-0.15, -0.1) is 0 Å². The van der Waals surface area contributed by atoms with Crippen LogP contribution in [0.2, 0.25) is 0 Å². The van der Waals surface area contributed by atoms with Crippen LogP contribution in [0.3, 0.4) is 0 Å². The van der Waals surface area contributed by atoms with Gasteiger partial charge in [-0.1, -0.05) is 31.2 Å². The molecule has 1 amide bonds. The van der Waals surface area contributed by atoms with Crippen molar-refractivity contribution >= 4 is 17.3 Å². The zero-order valence-corrected chi connectivity index (χ0v) is 13.0.